The molecule has 128 valence electrons. The first-order valence-electron chi connectivity index (χ1n) is 8.19. The number of hydrogen-bond acceptors (Lipinski definition) is 4. The molecule has 0 fully saturated rings. The van der Waals surface area contributed by atoms with E-state index in [9.17, 15) is 10.4 Å². The predicted octanol–water partition coefficient (Wildman–Crippen LogP) is 2.26. The maximum atomic E-state index is 13.1. The number of nitrogens with zero attached hydrogens (tertiary/aromatic N) is 2. The van der Waals surface area contributed by atoms with E-state index in [4.69, 9.17) is 9.47 Å². The van der Waals surface area contributed by atoms with Crippen molar-refractivity contribution >= 4 is 11.0 Å². The van der Waals surface area contributed by atoms with Crippen molar-refractivity contribution in [2.24, 2.45) is 0 Å². The van der Waals surface area contributed by atoms with Gasteiger partial charge >= 0.3 is 5.69 Å². The van der Waals surface area contributed by atoms with Gasteiger partial charge in [-0.1, -0.05) is 42.5 Å². The molecule has 2 aromatic carbocycles. The fourth-order valence-corrected chi connectivity index (χ4v) is 3.34. The molecule has 6 nitrogen and oxygen atoms in total. The summed E-state index contributed by atoms with van der Waals surface area (Å²) in [5, 5.41) is 26.0. The zero-order valence-corrected chi connectivity index (χ0v) is 14.0. The van der Waals surface area contributed by atoms with E-state index in [2.05, 4.69) is 0 Å². The summed E-state index contributed by atoms with van der Waals surface area (Å²) in [6, 6.07) is 16.0. The maximum Gasteiger partial charge on any atom is 0.329 e. The first kappa shape index (κ1) is 15.8. The minimum absolute atomic E-state index is 0.00746. The summed E-state index contributed by atoms with van der Waals surface area (Å²) in [5.41, 5.74) is 1.75. The molecule has 0 N–H and O–H groups in total. The van der Waals surface area contributed by atoms with Crippen LogP contribution in [0.2, 0.25) is 0 Å². The van der Waals surface area contributed by atoms with Crippen molar-refractivity contribution < 1.29 is 18.9 Å². The third-order valence-electron chi connectivity index (χ3n) is 4.32. The highest BCUT2D eigenvalue weighted by Gasteiger charge is 2.56. The van der Waals surface area contributed by atoms with Crippen LogP contribution in [0.25, 0.3) is 11.0 Å². The summed E-state index contributed by atoms with van der Waals surface area (Å²) < 4.78 is 13.6. The van der Waals surface area contributed by atoms with Gasteiger partial charge in [0, 0.05) is 17.7 Å². The van der Waals surface area contributed by atoms with Gasteiger partial charge in [-0.2, -0.15) is 9.46 Å². The molecule has 1 aromatic heterocycles. The first-order valence-corrected chi connectivity index (χ1v) is 8.19. The van der Waals surface area contributed by atoms with Gasteiger partial charge in [-0.25, -0.2) is 0 Å². The van der Waals surface area contributed by atoms with Gasteiger partial charge in [0.2, 0.25) is 0 Å². The molecular weight excluding hydrogens is 320 g/mol. The fraction of sp³-hybridized carbons (Fsp3) is 0.263. The Bertz CT molecular complexity index is 943. The van der Waals surface area contributed by atoms with Crippen LogP contribution in [0.3, 0.4) is 0 Å². The molecule has 0 bridgehead atoms. The molecule has 0 saturated heterocycles. The largest absolute Gasteiger partial charge is 0.618 e. The van der Waals surface area contributed by atoms with Crippen molar-refractivity contribution in [1.82, 2.24) is 0 Å². The molecule has 0 aliphatic carbocycles. The normalized spacial score (nSPS) is 19.5. The van der Waals surface area contributed by atoms with Crippen molar-refractivity contribution in [3.63, 3.8) is 0 Å². The summed E-state index contributed by atoms with van der Waals surface area (Å²) in [5.74, 6) is -1.40. The lowest BCUT2D eigenvalue weighted by molar-refractivity contribution is -0.643. The average Bonchev–Trinajstić information content (AvgIpc) is 3.00. The second-order valence-corrected chi connectivity index (χ2v) is 6.31. The second kappa shape index (κ2) is 5.68. The van der Waals surface area contributed by atoms with Crippen LogP contribution in [0.15, 0.2) is 54.6 Å². The predicted molar refractivity (Wildman–Crippen MR) is 90.1 cm³/mol. The minimum atomic E-state index is -1.40. The van der Waals surface area contributed by atoms with Gasteiger partial charge < -0.3 is 19.9 Å². The molecule has 0 spiro atoms. The van der Waals surface area contributed by atoms with E-state index in [0.29, 0.717) is 11.1 Å². The SMILES string of the molecule is CC(C)OC1(c2ccccc2)OCc2c1[n+]([O-])c1ccccc1[n+]2[O-]. The zero-order chi connectivity index (χ0) is 17.6. The highest BCUT2D eigenvalue weighted by molar-refractivity contribution is 5.67. The Hall–Kier alpha value is -2.70. The lowest BCUT2D eigenvalue weighted by atomic mass is 10.0. The van der Waals surface area contributed by atoms with Gasteiger partial charge in [-0.15, -0.1) is 0 Å². The monoisotopic (exact) mass is 338 g/mol. The zero-order valence-electron chi connectivity index (χ0n) is 14.0. The Morgan fingerprint density at radius 3 is 2.20 bits per heavy atom. The van der Waals surface area contributed by atoms with E-state index >= 15 is 0 Å². The van der Waals surface area contributed by atoms with Gasteiger partial charge in [0.1, 0.15) is 6.61 Å². The van der Waals surface area contributed by atoms with E-state index in [1.807, 2.05) is 44.2 Å². The molecule has 1 aliphatic rings. The van der Waals surface area contributed by atoms with E-state index in [-0.39, 0.29) is 29.6 Å². The van der Waals surface area contributed by atoms with Crippen LogP contribution in [-0.4, -0.2) is 6.10 Å². The van der Waals surface area contributed by atoms with Crippen LogP contribution < -0.4 is 9.46 Å². The van der Waals surface area contributed by atoms with Crippen LogP contribution in [0.4, 0.5) is 0 Å². The number of aromatic nitrogens is 2. The molecule has 1 aliphatic heterocycles. The van der Waals surface area contributed by atoms with E-state index < -0.39 is 5.79 Å². The minimum Gasteiger partial charge on any atom is -0.618 e. The highest BCUT2D eigenvalue weighted by Crippen LogP contribution is 2.41. The molecule has 3 aromatic rings. The van der Waals surface area contributed by atoms with Crippen molar-refractivity contribution in [3.05, 3.63) is 82.0 Å². The van der Waals surface area contributed by atoms with Gasteiger partial charge in [0.25, 0.3) is 22.5 Å². The van der Waals surface area contributed by atoms with Gasteiger partial charge in [-0.3, -0.25) is 0 Å². The van der Waals surface area contributed by atoms with Gasteiger partial charge in [0.05, 0.1) is 6.10 Å². The van der Waals surface area contributed by atoms with Gasteiger partial charge in [0.15, 0.2) is 0 Å². The number of hydrogen-bond donors (Lipinski definition) is 0. The molecule has 0 radical (unpaired) electrons. The van der Waals surface area contributed by atoms with Crippen molar-refractivity contribution in [3.8, 4) is 0 Å². The van der Waals surface area contributed by atoms with E-state index in [0.717, 1.165) is 9.46 Å². The first-order chi connectivity index (χ1) is 12.0. The summed E-state index contributed by atoms with van der Waals surface area (Å²) in [7, 11) is 0. The molecule has 0 saturated carbocycles. The number of benzene rings is 2. The standard InChI is InChI=1S/C19H18N2O4/c1-13(2)25-19(14-8-4-3-5-9-14)18-17(12-24-19)20(22)15-10-6-7-11-16(15)21(18)23/h3-11,13H,12H2,1-2H3. The topological polar surface area (TPSA) is 72.3 Å². The Labute approximate surface area is 145 Å². The number of rotatable bonds is 3. The van der Waals surface area contributed by atoms with E-state index in [1.165, 1.54) is 0 Å². The Morgan fingerprint density at radius 1 is 0.960 bits per heavy atom. The van der Waals surface area contributed by atoms with Crippen LogP contribution in [-0.2, 0) is 21.9 Å². The number of para-hydroxylation sites is 2. The third-order valence-corrected chi connectivity index (χ3v) is 4.32. The third kappa shape index (κ3) is 2.26. The van der Waals surface area contributed by atoms with E-state index in [1.54, 1.807) is 24.3 Å². The molecule has 2 heterocycles. The Balaban J connectivity index is 2.07. The summed E-state index contributed by atoms with van der Waals surface area (Å²) in [6.45, 7) is 3.74. The lowest BCUT2D eigenvalue weighted by Gasteiger charge is -2.29. The quantitative estimate of drug-likeness (QED) is 0.542. The fourth-order valence-electron chi connectivity index (χ4n) is 3.34. The number of fused-ring (bicyclic) bond motifs is 2. The van der Waals surface area contributed by atoms with Crippen LogP contribution in [0.5, 0.6) is 0 Å². The molecule has 6 heteroatoms. The summed E-state index contributed by atoms with van der Waals surface area (Å²) in [4.78, 5) is 0. The molecule has 1 atom stereocenters. The summed E-state index contributed by atoms with van der Waals surface area (Å²) >= 11 is 0. The molecule has 0 amide bonds. The maximum absolute atomic E-state index is 13.1. The van der Waals surface area contributed by atoms with Crippen molar-refractivity contribution in [2.75, 3.05) is 0 Å². The summed E-state index contributed by atoms with van der Waals surface area (Å²) in [6.07, 6.45) is -0.210. The average molecular weight is 338 g/mol. The smallest absolute Gasteiger partial charge is 0.329 e. The lowest BCUT2D eigenvalue weighted by Crippen LogP contribution is -2.50. The molecule has 4 rings (SSSR count). The Morgan fingerprint density at radius 2 is 1.56 bits per heavy atom. The number of ether oxygens (including phenoxy) is 2. The second-order valence-electron chi connectivity index (χ2n) is 6.31. The van der Waals surface area contributed by atoms with Crippen LogP contribution >= 0.6 is 0 Å². The van der Waals surface area contributed by atoms with Crippen molar-refractivity contribution in [1.29, 1.82) is 0 Å². The van der Waals surface area contributed by atoms with Crippen molar-refractivity contribution in [2.45, 2.75) is 32.3 Å². The van der Waals surface area contributed by atoms with Crippen LogP contribution in [0.1, 0.15) is 30.8 Å². The Kier molecular flexibility index (Phi) is 3.59. The highest BCUT2D eigenvalue weighted by atomic mass is 16.7. The molecular formula is C19H18N2O4. The molecule has 25 heavy (non-hydrogen) atoms. The molecule has 1 unspecified atom stereocenters. The van der Waals surface area contributed by atoms with Gasteiger partial charge in [-0.05, 0) is 13.8 Å². The van der Waals surface area contributed by atoms with Crippen LogP contribution in [0, 0.1) is 10.4 Å².